The molecule has 8 aromatic rings. The molecule has 8 rings (SSSR count). The van der Waals surface area contributed by atoms with E-state index in [1.807, 2.05) is 170 Å². The second-order valence-corrected chi connectivity index (χ2v) is 17.1. The summed E-state index contributed by atoms with van der Waals surface area (Å²) in [6.45, 7) is 5.27. The number of nitrogens with zero attached hydrogens (tertiary/aromatic N) is 4. The van der Waals surface area contributed by atoms with Crippen molar-refractivity contribution < 1.29 is 9.59 Å². The number of rotatable bonds is 15. The lowest BCUT2D eigenvalue weighted by molar-refractivity contribution is 0.103. The molecule has 2 heterocycles. The van der Waals surface area contributed by atoms with Gasteiger partial charge in [-0.05, 0) is 49.2 Å². The third kappa shape index (κ3) is 8.98. The Labute approximate surface area is 368 Å². The van der Waals surface area contributed by atoms with E-state index in [0.29, 0.717) is 65.7 Å². The molecule has 0 aliphatic rings. The molecule has 2 aromatic heterocycles. The van der Waals surface area contributed by atoms with Crippen molar-refractivity contribution in [2.45, 2.75) is 25.9 Å². The highest BCUT2D eigenvalue weighted by Crippen LogP contribution is 2.41. The summed E-state index contributed by atoms with van der Waals surface area (Å²) in [6.07, 6.45) is 0. The number of halogens is 2. The Morgan fingerprint density at radius 2 is 0.800 bits per heavy atom. The van der Waals surface area contributed by atoms with Gasteiger partial charge in [0, 0.05) is 45.4 Å². The summed E-state index contributed by atoms with van der Waals surface area (Å²) >= 11 is 15.6. The first kappa shape index (κ1) is 40.9. The Kier molecular flexibility index (Phi) is 12.6. The van der Waals surface area contributed by atoms with E-state index in [9.17, 15) is 9.59 Å². The molecule has 60 heavy (non-hydrogen) atoms. The van der Waals surface area contributed by atoms with E-state index < -0.39 is 0 Å². The summed E-state index contributed by atoms with van der Waals surface area (Å²) in [5.41, 5.74) is 6.29. The van der Waals surface area contributed by atoms with Crippen molar-refractivity contribution in [1.29, 1.82) is 0 Å². The fourth-order valence-corrected chi connectivity index (χ4v) is 9.73. The first-order valence-electron chi connectivity index (χ1n) is 19.6. The second-order valence-electron chi connectivity index (χ2n) is 14.3. The second kappa shape index (κ2) is 18.6. The van der Waals surface area contributed by atoms with Crippen molar-refractivity contribution in [3.05, 3.63) is 212 Å². The molecule has 6 nitrogen and oxygen atoms in total. The van der Waals surface area contributed by atoms with Gasteiger partial charge in [-0.15, -0.1) is 0 Å². The average molecular weight is 864 g/mol. The normalized spacial score (nSPS) is 12.1. The Balaban J connectivity index is 1.24. The monoisotopic (exact) mass is 862 g/mol. The highest BCUT2D eigenvalue weighted by Gasteiger charge is 2.30. The fraction of sp³-hybridized carbons (Fsp3) is 0.120. The third-order valence-electron chi connectivity index (χ3n) is 10.5. The molecule has 0 radical (unpaired) electrons. The van der Waals surface area contributed by atoms with Crippen LogP contribution in [0, 0.1) is 0 Å². The van der Waals surface area contributed by atoms with Gasteiger partial charge in [0.2, 0.25) is 11.6 Å². The molecule has 0 amide bonds. The summed E-state index contributed by atoms with van der Waals surface area (Å²) < 4.78 is 0. The average Bonchev–Trinajstić information content (AvgIpc) is 3.95. The van der Waals surface area contributed by atoms with Crippen LogP contribution in [0.1, 0.15) is 67.5 Å². The minimum Gasteiger partial charge on any atom is -0.340 e. The van der Waals surface area contributed by atoms with Gasteiger partial charge in [0.25, 0.3) is 0 Å². The number of carbonyl (C=O) groups is 2. The predicted molar refractivity (Wildman–Crippen MR) is 249 cm³/mol. The van der Waals surface area contributed by atoms with Crippen LogP contribution in [0.4, 0.5) is 10.3 Å². The van der Waals surface area contributed by atoms with Crippen LogP contribution in [0.25, 0.3) is 22.5 Å². The van der Waals surface area contributed by atoms with Gasteiger partial charge in [0.1, 0.15) is 9.75 Å². The summed E-state index contributed by atoms with van der Waals surface area (Å²) in [7, 11) is 0. The van der Waals surface area contributed by atoms with Crippen LogP contribution in [-0.2, 0) is 0 Å². The van der Waals surface area contributed by atoms with E-state index in [1.54, 1.807) is 0 Å². The lowest BCUT2D eigenvalue weighted by Gasteiger charge is -2.35. The maximum Gasteiger partial charge on any atom is 0.205 e. The molecule has 10 heteroatoms. The Bertz CT molecular complexity index is 2500. The van der Waals surface area contributed by atoms with Crippen LogP contribution >= 0.6 is 45.9 Å². The molecular weight excluding hydrogens is 824 g/mol. The lowest BCUT2D eigenvalue weighted by Crippen LogP contribution is -2.38. The standard InChI is InChI=1S/C50H40Cl2N4O2S2/c1-33(35-23-27-41(51)28-24-35)55(49-53-43(37-15-7-3-8-16-37)47(59-49)45(57)39-19-11-5-12-20-39)31-32-56(34(2)36-25-29-42(52)30-26-36)50-54-44(38-17-9-4-10-18-38)48(60-50)46(58)40-21-13-6-14-22-40/h3-30,33-34H,31-32H2,1-2H3. The van der Waals surface area contributed by atoms with Crippen molar-refractivity contribution >= 4 is 67.7 Å². The minimum atomic E-state index is -0.171. The topological polar surface area (TPSA) is 66.4 Å². The Hall–Kier alpha value is -5.90. The SMILES string of the molecule is CC(c1ccc(Cl)cc1)N(CCN(c1nc(-c2ccccc2)c(C(=O)c2ccccc2)s1)C(C)c1ccc(Cl)cc1)c1nc(-c2ccccc2)c(C(=O)c2ccccc2)s1. The van der Waals surface area contributed by atoms with Gasteiger partial charge in [-0.2, -0.15) is 0 Å². The molecule has 0 saturated carbocycles. The molecule has 6 aromatic carbocycles. The van der Waals surface area contributed by atoms with E-state index in [4.69, 9.17) is 33.2 Å². The van der Waals surface area contributed by atoms with Gasteiger partial charge in [0.05, 0.1) is 23.5 Å². The number of aromatic nitrogens is 2. The zero-order valence-corrected chi connectivity index (χ0v) is 36.1. The van der Waals surface area contributed by atoms with E-state index in [0.717, 1.165) is 22.3 Å². The van der Waals surface area contributed by atoms with Gasteiger partial charge >= 0.3 is 0 Å². The zero-order chi connectivity index (χ0) is 41.6. The molecule has 0 saturated heterocycles. The van der Waals surface area contributed by atoms with Crippen molar-refractivity contribution in [1.82, 2.24) is 9.97 Å². The van der Waals surface area contributed by atoms with Crippen LogP contribution in [0.2, 0.25) is 10.0 Å². The predicted octanol–water partition coefficient (Wildman–Crippen LogP) is 13.5. The summed E-state index contributed by atoms with van der Waals surface area (Å²) in [6, 6.07) is 53.8. The maximum atomic E-state index is 14.3. The fourth-order valence-electron chi connectivity index (χ4n) is 7.16. The van der Waals surface area contributed by atoms with Crippen LogP contribution in [0.3, 0.4) is 0 Å². The van der Waals surface area contributed by atoms with E-state index >= 15 is 0 Å². The quantitative estimate of drug-likeness (QED) is 0.0957. The molecule has 0 aliphatic carbocycles. The number of ketones is 2. The molecule has 0 fully saturated rings. The highest BCUT2D eigenvalue weighted by atomic mass is 35.5. The van der Waals surface area contributed by atoms with E-state index in [1.165, 1.54) is 22.7 Å². The summed E-state index contributed by atoms with van der Waals surface area (Å²) in [5, 5.41) is 2.71. The number of benzene rings is 6. The summed E-state index contributed by atoms with van der Waals surface area (Å²) in [5.74, 6) is -0.163. The van der Waals surface area contributed by atoms with E-state index in [-0.39, 0.29) is 23.7 Å². The Morgan fingerprint density at radius 1 is 0.483 bits per heavy atom. The first-order valence-corrected chi connectivity index (χ1v) is 22.0. The molecule has 0 spiro atoms. The smallest absolute Gasteiger partial charge is 0.205 e. The van der Waals surface area contributed by atoms with E-state index in [2.05, 4.69) is 23.6 Å². The molecular formula is C50H40Cl2N4O2S2. The van der Waals surface area contributed by atoms with Gasteiger partial charge < -0.3 is 9.80 Å². The molecule has 2 unspecified atom stereocenters. The number of carbonyl (C=O) groups excluding carboxylic acids is 2. The van der Waals surface area contributed by atoms with Gasteiger partial charge in [-0.25, -0.2) is 9.97 Å². The maximum absolute atomic E-state index is 14.3. The van der Waals surface area contributed by atoms with Crippen molar-refractivity contribution in [2.24, 2.45) is 0 Å². The van der Waals surface area contributed by atoms with Crippen LogP contribution in [0.5, 0.6) is 0 Å². The lowest BCUT2D eigenvalue weighted by atomic mass is 10.1. The number of hydrogen-bond donors (Lipinski definition) is 0. The molecule has 298 valence electrons. The molecule has 0 aliphatic heterocycles. The van der Waals surface area contributed by atoms with Gasteiger partial charge in [-0.1, -0.05) is 191 Å². The van der Waals surface area contributed by atoms with Crippen molar-refractivity contribution in [2.75, 3.05) is 22.9 Å². The summed E-state index contributed by atoms with van der Waals surface area (Å²) in [4.78, 5) is 44.7. The molecule has 2 atom stereocenters. The Morgan fingerprint density at radius 3 is 1.13 bits per heavy atom. The number of thiazole rings is 2. The van der Waals surface area contributed by atoms with Crippen molar-refractivity contribution in [3.8, 4) is 22.5 Å². The number of anilines is 2. The number of hydrogen-bond acceptors (Lipinski definition) is 8. The largest absolute Gasteiger partial charge is 0.340 e. The van der Waals surface area contributed by atoms with Crippen LogP contribution in [0.15, 0.2) is 170 Å². The van der Waals surface area contributed by atoms with Gasteiger partial charge in [-0.3, -0.25) is 9.59 Å². The first-order chi connectivity index (χ1) is 29.2. The van der Waals surface area contributed by atoms with Crippen LogP contribution in [-0.4, -0.2) is 34.6 Å². The minimum absolute atomic E-state index is 0.0814. The van der Waals surface area contributed by atoms with Crippen molar-refractivity contribution in [3.63, 3.8) is 0 Å². The molecule has 0 bridgehead atoms. The molecule has 0 N–H and O–H groups in total. The highest BCUT2D eigenvalue weighted by molar-refractivity contribution is 7.18. The zero-order valence-electron chi connectivity index (χ0n) is 32.9. The third-order valence-corrected chi connectivity index (χ3v) is 13.2. The van der Waals surface area contributed by atoms with Gasteiger partial charge in [0.15, 0.2) is 10.3 Å². The van der Waals surface area contributed by atoms with Crippen LogP contribution < -0.4 is 9.80 Å².